The van der Waals surface area contributed by atoms with Gasteiger partial charge in [-0.15, -0.1) is 10.2 Å². The lowest BCUT2D eigenvalue weighted by atomic mass is 10.2. The van der Waals surface area contributed by atoms with Crippen LogP contribution in [0.25, 0.3) is 11.4 Å². The van der Waals surface area contributed by atoms with Crippen molar-refractivity contribution in [3.63, 3.8) is 0 Å². The Labute approximate surface area is 159 Å². The van der Waals surface area contributed by atoms with Crippen molar-refractivity contribution >= 4 is 23.4 Å². The Morgan fingerprint density at radius 1 is 1.26 bits per heavy atom. The van der Waals surface area contributed by atoms with E-state index in [1.54, 1.807) is 26.2 Å². The molecule has 7 nitrogen and oxygen atoms in total. The van der Waals surface area contributed by atoms with E-state index in [-0.39, 0.29) is 5.91 Å². The number of rotatable bonds is 6. The number of carbonyl (C=O) groups is 1. The molecule has 0 fully saturated rings. The van der Waals surface area contributed by atoms with Crippen molar-refractivity contribution in [3.8, 4) is 17.1 Å². The van der Waals surface area contributed by atoms with Crippen LogP contribution in [0.5, 0.6) is 5.75 Å². The maximum Gasteiger partial charge on any atom is 0.237 e. The van der Waals surface area contributed by atoms with Crippen LogP contribution in [0.4, 0.5) is 10.1 Å². The monoisotopic (exact) mass is 387 g/mol. The van der Waals surface area contributed by atoms with Crippen LogP contribution in [0, 0.1) is 5.82 Å². The van der Waals surface area contributed by atoms with Crippen LogP contribution >= 0.6 is 11.8 Å². The molecule has 0 aliphatic heterocycles. The molecule has 3 N–H and O–H groups in total. The minimum Gasteiger partial charge on any atom is -0.496 e. The average Bonchev–Trinajstić information content (AvgIpc) is 3.02. The minimum absolute atomic E-state index is 0.299. The van der Waals surface area contributed by atoms with E-state index >= 15 is 0 Å². The smallest absolute Gasteiger partial charge is 0.237 e. The number of thioether (sulfide) groups is 1. The molecule has 2 aromatic carbocycles. The number of anilines is 1. The molecule has 27 heavy (non-hydrogen) atoms. The fourth-order valence-electron chi connectivity index (χ4n) is 2.39. The average molecular weight is 387 g/mol. The first-order valence-corrected chi connectivity index (χ1v) is 8.94. The van der Waals surface area contributed by atoms with Gasteiger partial charge in [-0.2, -0.15) is 0 Å². The Morgan fingerprint density at radius 2 is 2.04 bits per heavy atom. The minimum atomic E-state index is -0.523. The molecular formula is C18H18FN5O2S. The van der Waals surface area contributed by atoms with Gasteiger partial charge in [0.05, 0.1) is 17.9 Å². The first-order valence-electron chi connectivity index (χ1n) is 8.06. The summed E-state index contributed by atoms with van der Waals surface area (Å²) in [7, 11) is 1.56. The molecule has 0 radical (unpaired) electrons. The van der Waals surface area contributed by atoms with Gasteiger partial charge in [0, 0.05) is 5.69 Å². The van der Waals surface area contributed by atoms with E-state index in [0.717, 1.165) is 11.8 Å². The zero-order valence-corrected chi connectivity index (χ0v) is 15.5. The molecule has 0 spiro atoms. The number of carbonyl (C=O) groups excluding carboxylic acids is 1. The van der Waals surface area contributed by atoms with E-state index in [1.807, 2.05) is 18.2 Å². The molecule has 1 aromatic heterocycles. The van der Waals surface area contributed by atoms with Crippen molar-refractivity contribution in [1.82, 2.24) is 14.9 Å². The molecule has 3 rings (SSSR count). The lowest BCUT2D eigenvalue weighted by molar-refractivity contribution is -0.115. The van der Waals surface area contributed by atoms with E-state index in [1.165, 1.54) is 22.9 Å². The summed E-state index contributed by atoms with van der Waals surface area (Å²) in [5.74, 6) is 6.43. The van der Waals surface area contributed by atoms with E-state index < -0.39 is 11.1 Å². The van der Waals surface area contributed by atoms with Crippen LogP contribution in [0.3, 0.4) is 0 Å². The number of ether oxygens (including phenoxy) is 1. The lowest BCUT2D eigenvalue weighted by Crippen LogP contribution is -2.23. The Kier molecular flexibility index (Phi) is 5.60. The summed E-state index contributed by atoms with van der Waals surface area (Å²) < 4.78 is 19.9. The van der Waals surface area contributed by atoms with Crippen LogP contribution in [0.2, 0.25) is 0 Å². The molecule has 9 heteroatoms. The summed E-state index contributed by atoms with van der Waals surface area (Å²) in [6, 6.07) is 13.0. The maximum atomic E-state index is 13.2. The molecule has 1 heterocycles. The van der Waals surface area contributed by atoms with Gasteiger partial charge in [0.25, 0.3) is 0 Å². The molecule has 0 aliphatic rings. The van der Waals surface area contributed by atoms with Gasteiger partial charge in [-0.25, -0.2) is 9.07 Å². The summed E-state index contributed by atoms with van der Waals surface area (Å²) >= 11 is 1.15. The zero-order chi connectivity index (χ0) is 19.4. The second kappa shape index (κ2) is 8.09. The number of nitrogens with one attached hydrogen (secondary N) is 1. The van der Waals surface area contributed by atoms with Crippen LogP contribution in [-0.2, 0) is 4.79 Å². The Balaban J connectivity index is 1.74. The standard InChI is InChI=1S/C18H18FN5O2S/c1-11(17(25)21-13-7-5-6-12(19)10-13)27-18-23-22-16(24(18)20)14-8-3-4-9-15(14)26-2/h3-11H,20H2,1-2H3,(H,21,25). The number of hydrogen-bond donors (Lipinski definition) is 2. The summed E-state index contributed by atoms with van der Waals surface area (Å²) in [6.45, 7) is 1.71. The quantitative estimate of drug-likeness (QED) is 0.499. The second-order valence-corrected chi connectivity index (χ2v) is 6.94. The normalized spacial score (nSPS) is 11.8. The largest absolute Gasteiger partial charge is 0.496 e. The molecule has 0 saturated carbocycles. The van der Waals surface area contributed by atoms with E-state index in [0.29, 0.717) is 28.0 Å². The highest BCUT2D eigenvalue weighted by Crippen LogP contribution is 2.30. The second-order valence-electron chi connectivity index (χ2n) is 5.64. The zero-order valence-electron chi connectivity index (χ0n) is 14.7. The van der Waals surface area contributed by atoms with Crippen molar-refractivity contribution in [2.45, 2.75) is 17.3 Å². The predicted octanol–water partition coefficient (Wildman–Crippen LogP) is 2.93. The number of nitrogens with zero attached hydrogens (tertiary/aromatic N) is 3. The third-order valence-electron chi connectivity index (χ3n) is 3.76. The van der Waals surface area contributed by atoms with Crippen molar-refractivity contribution in [1.29, 1.82) is 0 Å². The highest BCUT2D eigenvalue weighted by Gasteiger charge is 2.21. The number of para-hydroxylation sites is 1. The van der Waals surface area contributed by atoms with Gasteiger partial charge in [0.15, 0.2) is 5.82 Å². The van der Waals surface area contributed by atoms with Gasteiger partial charge < -0.3 is 15.9 Å². The highest BCUT2D eigenvalue weighted by atomic mass is 32.2. The number of methoxy groups -OCH3 is 1. The molecule has 3 aromatic rings. The van der Waals surface area contributed by atoms with Gasteiger partial charge >= 0.3 is 0 Å². The fraction of sp³-hybridized carbons (Fsp3) is 0.167. The SMILES string of the molecule is COc1ccccc1-c1nnc(SC(C)C(=O)Nc2cccc(F)c2)n1N. The van der Waals surface area contributed by atoms with Gasteiger partial charge in [-0.3, -0.25) is 4.79 Å². The number of hydrogen-bond acceptors (Lipinski definition) is 6. The molecule has 1 atom stereocenters. The molecule has 0 bridgehead atoms. The van der Waals surface area contributed by atoms with Crippen molar-refractivity contribution in [3.05, 3.63) is 54.3 Å². The van der Waals surface area contributed by atoms with Gasteiger partial charge in [-0.05, 0) is 37.3 Å². The van der Waals surface area contributed by atoms with E-state index in [4.69, 9.17) is 10.6 Å². The van der Waals surface area contributed by atoms with E-state index in [9.17, 15) is 9.18 Å². The van der Waals surface area contributed by atoms with Crippen molar-refractivity contribution in [2.75, 3.05) is 18.3 Å². The highest BCUT2D eigenvalue weighted by molar-refractivity contribution is 8.00. The number of amides is 1. The first kappa shape index (κ1) is 18.7. The molecule has 1 unspecified atom stereocenters. The summed E-state index contributed by atoms with van der Waals surface area (Å²) in [5, 5.41) is 10.7. The van der Waals surface area contributed by atoms with Crippen LogP contribution in [0.15, 0.2) is 53.7 Å². The topological polar surface area (TPSA) is 95.1 Å². The van der Waals surface area contributed by atoms with Gasteiger partial charge in [0.1, 0.15) is 11.6 Å². The summed E-state index contributed by atoms with van der Waals surface area (Å²) in [4.78, 5) is 12.3. The Morgan fingerprint density at radius 3 is 2.78 bits per heavy atom. The third-order valence-corrected chi connectivity index (χ3v) is 4.81. The Bertz CT molecular complexity index is 962. The third kappa shape index (κ3) is 4.20. The van der Waals surface area contributed by atoms with Crippen LogP contribution in [-0.4, -0.2) is 33.1 Å². The van der Waals surface area contributed by atoms with Crippen LogP contribution in [0.1, 0.15) is 6.92 Å². The number of nitrogens with two attached hydrogens (primary N) is 1. The maximum absolute atomic E-state index is 13.2. The molecule has 0 saturated heterocycles. The molecule has 140 valence electrons. The summed E-state index contributed by atoms with van der Waals surface area (Å²) in [5.41, 5.74) is 1.08. The first-order chi connectivity index (χ1) is 13.0. The summed E-state index contributed by atoms with van der Waals surface area (Å²) in [6.07, 6.45) is 0. The number of benzene rings is 2. The number of aromatic nitrogens is 3. The lowest BCUT2D eigenvalue weighted by Gasteiger charge is -2.12. The number of nitrogen functional groups attached to an aromatic ring is 1. The fourth-order valence-corrected chi connectivity index (χ4v) is 3.16. The van der Waals surface area contributed by atoms with Crippen molar-refractivity contribution < 1.29 is 13.9 Å². The molecular weight excluding hydrogens is 369 g/mol. The number of halogens is 1. The van der Waals surface area contributed by atoms with Gasteiger partial charge in [-0.1, -0.05) is 30.0 Å². The predicted molar refractivity (Wildman–Crippen MR) is 103 cm³/mol. The van der Waals surface area contributed by atoms with Gasteiger partial charge in [0.2, 0.25) is 11.1 Å². The van der Waals surface area contributed by atoms with Crippen molar-refractivity contribution in [2.24, 2.45) is 0 Å². The Hall–Kier alpha value is -3.07. The molecule has 1 amide bonds. The van der Waals surface area contributed by atoms with Crippen LogP contribution < -0.4 is 15.9 Å². The molecule has 0 aliphatic carbocycles. The van der Waals surface area contributed by atoms with E-state index in [2.05, 4.69) is 15.5 Å².